The van der Waals surface area contributed by atoms with E-state index in [9.17, 15) is 8.78 Å². The minimum atomic E-state index is -2.83. The molecular formula is C11H13F2NO2. The monoisotopic (exact) mass is 229 g/mol. The van der Waals surface area contributed by atoms with Crippen molar-refractivity contribution in [2.24, 2.45) is 0 Å². The molecule has 1 aliphatic heterocycles. The first-order valence-corrected chi connectivity index (χ1v) is 5.17. The number of nitrogens with one attached hydrogen (secondary N) is 1. The van der Waals surface area contributed by atoms with Crippen molar-refractivity contribution in [3.05, 3.63) is 24.3 Å². The van der Waals surface area contributed by atoms with E-state index in [2.05, 4.69) is 10.1 Å². The van der Waals surface area contributed by atoms with E-state index in [0.29, 0.717) is 5.75 Å². The van der Waals surface area contributed by atoms with Gasteiger partial charge in [0.2, 0.25) is 0 Å². The Hall–Kier alpha value is -1.36. The Labute approximate surface area is 92.4 Å². The molecule has 1 saturated heterocycles. The van der Waals surface area contributed by atoms with E-state index < -0.39 is 6.61 Å². The largest absolute Gasteiger partial charge is 0.485 e. The second kappa shape index (κ2) is 5.12. The quantitative estimate of drug-likeness (QED) is 0.856. The third-order valence-corrected chi connectivity index (χ3v) is 2.37. The van der Waals surface area contributed by atoms with Crippen LogP contribution in [0.25, 0.3) is 0 Å². The third-order valence-electron chi connectivity index (χ3n) is 2.37. The molecule has 0 aliphatic carbocycles. The highest BCUT2D eigenvalue weighted by Gasteiger charge is 2.18. The van der Waals surface area contributed by atoms with Crippen molar-refractivity contribution in [2.45, 2.75) is 19.1 Å². The lowest BCUT2D eigenvalue weighted by molar-refractivity contribution is -0.0519. The molecule has 1 atom stereocenters. The Balaban J connectivity index is 2.06. The van der Waals surface area contributed by atoms with Crippen LogP contribution in [-0.2, 0) is 0 Å². The van der Waals surface area contributed by atoms with Gasteiger partial charge in [-0.15, -0.1) is 0 Å². The van der Waals surface area contributed by atoms with E-state index in [1.165, 1.54) is 6.07 Å². The Bertz CT molecular complexity index is 341. The molecule has 1 N–H and O–H groups in total. The van der Waals surface area contributed by atoms with Gasteiger partial charge in [0.05, 0.1) is 0 Å². The van der Waals surface area contributed by atoms with Crippen molar-refractivity contribution >= 4 is 0 Å². The van der Waals surface area contributed by atoms with Crippen LogP contribution >= 0.6 is 0 Å². The zero-order chi connectivity index (χ0) is 11.4. The number of benzene rings is 1. The minimum Gasteiger partial charge on any atom is -0.485 e. The number of ether oxygens (including phenoxy) is 2. The molecule has 1 heterocycles. The van der Waals surface area contributed by atoms with Crippen LogP contribution in [-0.4, -0.2) is 25.8 Å². The molecule has 0 radical (unpaired) electrons. The van der Waals surface area contributed by atoms with Gasteiger partial charge in [0, 0.05) is 6.54 Å². The number of rotatable bonds is 4. The van der Waals surface area contributed by atoms with Gasteiger partial charge in [-0.1, -0.05) is 12.1 Å². The molecule has 1 unspecified atom stereocenters. The van der Waals surface area contributed by atoms with Crippen molar-refractivity contribution < 1.29 is 18.3 Å². The lowest BCUT2D eigenvalue weighted by atomic mass is 10.3. The first kappa shape index (κ1) is 11.1. The highest BCUT2D eigenvalue weighted by atomic mass is 19.3. The molecule has 2 rings (SSSR count). The Morgan fingerprint density at radius 1 is 1.25 bits per heavy atom. The predicted molar refractivity (Wildman–Crippen MR) is 55.0 cm³/mol. The van der Waals surface area contributed by atoms with Gasteiger partial charge in [-0.2, -0.15) is 8.78 Å². The summed E-state index contributed by atoms with van der Waals surface area (Å²) in [4.78, 5) is 0. The summed E-state index contributed by atoms with van der Waals surface area (Å²) < 4.78 is 34.2. The van der Waals surface area contributed by atoms with Crippen LogP contribution in [0.3, 0.4) is 0 Å². The molecule has 0 saturated carbocycles. The van der Waals surface area contributed by atoms with Crippen molar-refractivity contribution in [3.63, 3.8) is 0 Å². The number of hydrogen-bond acceptors (Lipinski definition) is 3. The van der Waals surface area contributed by atoms with Gasteiger partial charge < -0.3 is 14.8 Å². The summed E-state index contributed by atoms with van der Waals surface area (Å²) in [5.41, 5.74) is 0. The van der Waals surface area contributed by atoms with E-state index in [1.54, 1.807) is 18.2 Å². The van der Waals surface area contributed by atoms with Crippen LogP contribution < -0.4 is 14.8 Å². The minimum absolute atomic E-state index is 0.0300. The summed E-state index contributed by atoms with van der Waals surface area (Å²) in [6.07, 6.45) is 0.908. The van der Waals surface area contributed by atoms with Gasteiger partial charge in [-0.05, 0) is 25.1 Å². The first-order chi connectivity index (χ1) is 7.75. The maximum atomic E-state index is 12.1. The lowest BCUT2D eigenvalue weighted by Crippen LogP contribution is -2.20. The van der Waals surface area contributed by atoms with E-state index >= 15 is 0 Å². The topological polar surface area (TPSA) is 30.5 Å². The fourth-order valence-electron chi connectivity index (χ4n) is 1.65. The van der Waals surface area contributed by atoms with Crippen molar-refractivity contribution in [1.29, 1.82) is 0 Å². The van der Waals surface area contributed by atoms with Crippen molar-refractivity contribution in [1.82, 2.24) is 5.32 Å². The molecular weight excluding hydrogens is 216 g/mol. The zero-order valence-electron chi connectivity index (χ0n) is 8.66. The Morgan fingerprint density at radius 2 is 2.00 bits per heavy atom. The van der Waals surface area contributed by atoms with Crippen LogP contribution in [0.2, 0.25) is 0 Å². The summed E-state index contributed by atoms with van der Waals surface area (Å²) in [5.74, 6) is 0.459. The summed E-state index contributed by atoms with van der Waals surface area (Å²) in [7, 11) is 0. The predicted octanol–water partition coefficient (Wildman–Crippen LogP) is 2.03. The van der Waals surface area contributed by atoms with Crippen LogP contribution in [0.1, 0.15) is 6.42 Å². The smallest absolute Gasteiger partial charge is 0.387 e. The standard InChI is InChI=1S/C11H13F2NO2/c12-11(13)16-10-4-2-1-3-9(10)15-8-5-6-14-7-8/h1-4,8,11,14H,5-7H2. The maximum absolute atomic E-state index is 12.1. The molecule has 1 aromatic carbocycles. The lowest BCUT2D eigenvalue weighted by Gasteiger charge is -2.15. The molecule has 88 valence electrons. The Morgan fingerprint density at radius 3 is 2.62 bits per heavy atom. The van der Waals surface area contributed by atoms with Gasteiger partial charge in [0.1, 0.15) is 6.10 Å². The van der Waals surface area contributed by atoms with Crippen LogP contribution in [0, 0.1) is 0 Å². The number of para-hydroxylation sites is 2. The van der Waals surface area contributed by atoms with Crippen molar-refractivity contribution in [3.8, 4) is 11.5 Å². The normalized spacial score (nSPS) is 20.1. The highest BCUT2D eigenvalue weighted by molar-refractivity contribution is 5.39. The Kier molecular flexibility index (Phi) is 3.56. The molecule has 5 heteroatoms. The molecule has 0 spiro atoms. The van der Waals surface area contributed by atoms with Gasteiger partial charge in [-0.3, -0.25) is 0 Å². The second-order valence-corrected chi connectivity index (χ2v) is 3.56. The fraction of sp³-hybridized carbons (Fsp3) is 0.455. The molecule has 1 fully saturated rings. The first-order valence-electron chi connectivity index (χ1n) is 5.17. The van der Waals surface area contributed by atoms with Gasteiger partial charge in [0.25, 0.3) is 0 Å². The molecule has 3 nitrogen and oxygen atoms in total. The molecule has 0 aromatic heterocycles. The number of halogens is 2. The molecule has 16 heavy (non-hydrogen) atoms. The van der Waals surface area contributed by atoms with E-state index in [0.717, 1.165) is 19.5 Å². The summed E-state index contributed by atoms with van der Waals surface area (Å²) >= 11 is 0. The average Bonchev–Trinajstić information content (AvgIpc) is 2.73. The molecule has 0 bridgehead atoms. The van der Waals surface area contributed by atoms with Crippen LogP contribution in [0.5, 0.6) is 11.5 Å². The zero-order valence-corrected chi connectivity index (χ0v) is 8.66. The summed E-state index contributed by atoms with van der Waals surface area (Å²) in [6, 6.07) is 6.48. The fourth-order valence-corrected chi connectivity index (χ4v) is 1.65. The SMILES string of the molecule is FC(F)Oc1ccccc1OC1CCNC1. The summed E-state index contributed by atoms with van der Waals surface area (Å²) in [5, 5.41) is 3.14. The number of hydrogen-bond donors (Lipinski definition) is 1. The van der Waals surface area contributed by atoms with Crippen molar-refractivity contribution in [2.75, 3.05) is 13.1 Å². The third kappa shape index (κ3) is 2.82. The van der Waals surface area contributed by atoms with Crippen LogP contribution in [0.15, 0.2) is 24.3 Å². The molecule has 0 amide bonds. The van der Waals surface area contributed by atoms with Gasteiger partial charge in [-0.25, -0.2) is 0 Å². The highest BCUT2D eigenvalue weighted by Crippen LogP contribution is 2.29. The van der Waals surface area contributed by atoms with E-state index in [-0.39, 0.29) is 11.9 Å². The van der Waals surface area contributed by atoms with Gasteiger partial charge in [0.15, 0.2) is 11.5 Å². The average molecular weight is 229 g/mol. The van der Waals surface area contributed by atoms with E-state index in [1.807, 2.05) is 0 Å². The molecule has 1 aliphatic rings. The second-order valence-electron chi connectivity index (χ2n) is 3.56. The molecule has 1 aromatic rings. The van der Waals surface area contributed by atoms with Crippen LogP contribution in [0.4, 0.5) is 8.78 Å². The van der Waals surface area contributed by atoms with Gasteiger partial charge >= 0.3 is 6.61 Å². The number of alkyl halides is 2. The van der Waals surface area contributed by atoms with E-state index in [4.69, 9.17) is 4.74 Å². The maximum Gasteiger partial charge on any atom is 0.387 e. The summed E-state index contributed by atoms with van der Waals surface area (Å²) in [6.45, 7) is -1.20.